The maximum absolute atomic E-state index is 11.0. The van der Waals surface area contributed by atoms with E-state index in [1.807, 2.05) is 0 Å². The van der Waals surface area contributed by atoms with E-state index in [9.17, 15) is 4.79 Å². The first-order chi connectivity index (χ1) is 4.83. The molecule has 0 aromatic rings. The Bertz CT molecular complexity index is 114. The van der Waals surface area contributed by atoms with E-state index in [-0.39, 0.29) is 0 Å². The van der Waals surface area contributed by atoms with Crippen molar-refractivity contribution in [3.63, 3.8) is 0 Å². The second-order valence-electron chi connectivity index (χ2n) is 3.29. The number of carbonyl (C=O) groups is 1. The van der Waals surface area contributed by atoms with Crippen LogP contribution in [0.3, 0.4) is 0 Å². The molecule has 0 atom stereocenters. The Morgan fingerprint density at radius 2 is 2.20 bits per heavy atom. The van der Waals surface area contributed by atoms with Crippen LogP contribution in [0.2, 0.25) is 0 Å². The molecule has 0 radical (unpaired) electrons. The zero-order chi connectivity index (χ0) is 7.40. The Kier molecular flexibility index (Phi) is 2.91. The first kappa shape index (κ1) is 7.77. The largest absolute Gasteiger partial charge is 0.300 e. The van der Waals surface area contributed by atoms with Crippen molar-refractivity contribution in [1.82, 2.24) is 0 Å². The van der Waals surface area contributed by atoms with Gasteiger partial charge in [-0.15, -0.1) is 0 Å². The first-order valence-corrected chi connectivity index (χ1v) is 4.34. The lowest BCUT2D eigenvalue weighted by molar-refractivity contribution is -0.120. The molecule has 0 heterocycles. The molecule has 1 rings (SSSR count). The average Bonchev–Trinajstić information content (AvgIpc) is 1.80. The quantitative estimate of drug-likeness (QED) is 0.586. The first-order valence-electron chi connectivity index (χ1n) is 4.34. The molecule has 1 heteroatoms. The van der Waals surface area contributed by atoms with Crippen molar-refractivity contribution in [3.8, 4) is 0 Å². The molecule has 0 saturated heterocycles. The van der Waals surface area contributed by atoms with E-state index in [0.717, 1.165) is 25.2 Å². The Hall–Kier alpha value is -0.330. The van der Waals surface area contributed by atoms with E-state index in [4.69, 9.17) is 0 Å². The molecule has 1 nitrogen and oxygen atoms in total. The molecule has 0 spiro atoms. The van der Waals surface area contributed by atoms with E-state index in [0.29, 0.717) is 5.78 Å². The van der Waals surface area contributed by atoms with Crippen molar-refractivity contribution < 1.29 is 4.79 Å². The number of Topliss-reactive ketones (excluding diaryl/α,β-unsaturated/α-hetero) is 1. The summed E-state index contributed by atoms with van der Waals surface area (Å²) in [7, 11) is 0. The van der Waals surface area contributed by atoms with Gasteiger partial charge >= 0.3 is 0 Å². The third-order valence-electron chi connectivity index (χ3n) is 2.27. The standard InChI is InChI=1S/C9H16O/c1-2-4-9(10)7-8-5-3-6-8/h8H,2-7H2,1H3. The van der Waals surface area contributed by atoms with Gasteiger partial charge in [0.25, 0.3) is 0 Å². The van der Waals surface area contributed by atoms with Crippen molar-refractivity contribution in [2.75, 3.05) is 0 Å². The highest BCUT2D eigenvalue weighted by Gasteiger charge is 2.19. The van der Waals surface area contributed by atoms with Crippen LogP contribution in [0.15, 0.2) is 0 Å². The smallest absolute Gasteiger partial charge is 0.133 e. The summed E-state index contributed by atoms with van der Waals surface area (Å²) in [6.45, 7) is 2.07. The lowest BCUT2D eigenvalue weighted by atomic mass is 9.81. The molecule has 1 aliphatic carbocycles. The Labute approximate surface area is 62.8 Å². The van der Waals surface area contributed by atoms with Crippen LogP contribution >= 0.6 is 0 Å². The van der Waals surface area contributed by atoms with Gasteiger partial charge in [0.05, 0.1) is 0 Å². The van der Waals surface area contributed by atoms with Gasteiger partial charge in [0.2, 0.25) is 0 Å². The summed E-state index contributed by atoms with van der Waals surface area (Å²) in [5.74, 6) is 1.24. The maximum Gasteiger partial charge on any atom is 0.133 e. The predicted molar refractivity (Wildman–Crippen MR) is 41.9 cm³/mol. The SMILES string of the molecule is CCCC(=O)CC1CCC1. The highest BCUT2D eigenvalue weighted by Crippen LogP contribution is 2.29. The van der Waals surface area contributed by atoms with E-state index in [2.05, 4.69) is 6.92 Å². The van der Waals surface area contributed by atoms with Gasteiger partial charge in [-0.05, 0) is 12.3 Å². The summed E-state index contributed by atoms with van der Waals surface area (Å²) < 4.78 is 0. The number of ketones is 1. The van der Waals surface area contributed by atoms with Gasteiger partial charge in [-0.1, -0.05) is 26.2 Å². The summed E-state index contributed by atoms with van der Waals surface area (Å²) in [5.41, 5.74) is 0. The summed E-state index contributed by atoms with van der Waals surface area (Å²) in [4.78, 5) is 11.0. The number of hydrogen-bond acceptors (Lipinski definition) is 1. The second-order valence-corrected chi connectivity index (χ2v) is 3.29. The zero-order valence-corrected chi connectivity index (χ0v) is 6.73. The monoisotopic (exact) mass is 140 g/mol. The van der Waals surface area contributed by atoms with Crippen molar-refractivity contribution >= 4 is 5.78 Å². The van der Waals surface area contributed by atoms with Crippen LogP contribution in [-0.2, 0) is 4.79 Å². The molecule has 0 unspecified atom stereocenters. The van der Waals surface area contributed by atoms with Gasteiger partial charge in [-0.3, -0.25) is 4.79 Å². The molecule has 10 heavy (non-hydrogen) atoms. The number of hydrogen-bond donors (Lipinski definition) is 0. The number of carbonyl (C=O) groups excluding carboxylic acids is 1. The van der Waals surface area contributed by atoms with Gasteiger partial charge in [0.1, 0.15) is 5.78 Å². The van der Waals surface area contributed by atoms with E-state index in [1.165, 1.54) is 19.3 Å². The summed E-state index contributed by atoms with van der Waals surface area (Å²) in [5, 5.41) is 0. The van der Waals surface area contributed by atoms with Crippen molar-refractivity contribution in [2.24, 2.45) is 5.92 Å². The predicted octanol–water partition coefficient (Wildman–Crippen LogP) is 2.55. The van der Waals surface area contributed by atoms with Crippen molar-refractivity contribution in [2.45, 2.75) is 45.4 Å². The third kappa shape index (κ3) is 2.13. The lowest BCUT2D eigenvalue weighted by Crippen LogP contribution is -2.15. The van der Waals surface area contributed by atoms with Crippen LogP contribution in [-0.4, -0.2) is 5.78 Å². The van der Waals surface area contributed by atoms with Gasteiger partial charge in [-0.2, -0.15) is 0 Å². The minimum absolute atomic E-state index is 0.479. The van der Waals surface area contributed by atoms with E-state index < -0.39 is 0 Å². The number of rotatable bonds is 4. The van der Waals surface area contributed by atoms with Crippen molar-refractivity contribution in [3.05, 3.63) is 0 Å². The van der Waals surface area contributed by atoms with E-state index >= 15 is 0 Å². The molecule has 0 amide bonds. The van der Waals surface area contributed by atoms with Crippen LogP contribution in [0, 0.1) is 5.92 Å². The lowest BCUT2D eigenvalue weighted by Gasteiger charge is -2.24. The molecule has 58 valence electrons. The molecule has 0 bridgehead atoms. The van der Waals surface area contributed by atoms with Gasteiger partial charge in [0, 0.05) is 12.8 Å². The topological polar surface area (TPSA) is 17.1 Å². The van der Waals surface area contributed by atoms with Gasteiger partial charge in [0.15, 0.2) is 0 Å². The molecule has 0 aliphatic heterocycles. The Morgan fingerprint density at radius 1 is 1.50 bits per heavy atom. The minimum Gasteiger partial charge on any atom is -0.300 e. The van der Waals surface area contributed by atoms with Gasteiger partial charge in [-0.25, -0.2) is 0 Å². The molecular formula is C9H16O. The van der Waals surface area contributed by atoms with Crippen LogP contribution in [0.25, 0.3) is 0 Å². The molecule has 0 aromatic carbocycles. The summed E-state index contributed by atoms with van der Waals surface area (Å²) in [6.07, 6.45) is 6.64. The minimum atomic E-state index is 0.479. The van der Waals surface area contributed by atoms with Gasteiger partial charge < -0.3 is 0 Å². The third-order valence-corrected chi connectivity index (χ3v) is 2.27. The summed E-state index contributed by atoms with van der Waals surface area (Å²) in [6, 6.07) is 0. The summed E-state index contributed by atoms with van der Waals surface area (Å²) >= 11 is 0. The van der Waals surface area contributed by atoms with Crippen LogP contribution < -0.4 is 0 Å². The highest BCUT2D eigenvalue weighted by molar-refractivity contribution is 5.78. The molecule has 1 saturated carbocycles. The second kappa shape index (κ2) is 3.75. The normalized spacial score (nSPS) is 18.5. The molecule has 0 aromatic heterocycles. The fourth-order valence-corrected chi connectivity index (χ4v) is 1.40. The highest BCUT2D eigenvalue weighted by atomic mass is 16.1. The molecular weight excluding hydrogens is 124 g/mol. The van der Waals surface area contributed by atoms with Crippen LogP contribution in [0.4, 0.5) is 0 Å². The zero-order valence-electron chi connectivity index (χ0n) is 6.73. The van der Waals surface area contributed by atoms with E-state index in [1.54, 1.807) is 0 Å². The fraction of sp³-hybridized carbons (Fsp3) is 0.889. The van der Waals surface area contributed by atoms with Crippen molar-refractivity contribution in [1.29, 1.82) is 0 Å². The molecule has 0 N–H and O–H groups in total. The molecule has 1 fully saturated rings. The van der Waals surface area contributed by atoms with Crippen LogP contribution in [0.1, 0.15) is 45.4 Å². The maximum atomic E-state index is 11.0. The fourth-order valence-electron chi connectivity index (χ4n) is 1.40. The average molecular weight is 140 g/mol. The molecule has 1 aliphatic rings. The Balaban J connectivity index is 2.05. The Morgan fingerprint density at radius 3 is 2.60 bits per heavy atom. The van der Waals surface area contributed by atoms with Crippen LogP contribution in [0.5, 0.6) is 0 Å².